The molecule has 1 aliphatic heterocycles. The quantitative estimate of drug-likeness (QED) is 0.328. The standard InChI is InChI=1S/C9H21N3/c1-10-4-6-11(2)8-9-12(3)7-5-10/h4-9H2,1-3H3/p+3. The van der Waals surface area contributed by atoms with Crippen LogP contribution in [0.4, 0.5) is 0 Å². The minimum atomic E-state index is 1.33. The molecule has 0 spiro atoms. The predicted molar refractivity (Wildman–Crippen MR) is 49.9 cm³/mol. The fourth-order valence-electron chi connectivity index (χ4n) is 1.66. The highest BCUT2D eigenvalue weighted by atomic mass is 15.2. The molecule has 3 N–H and O–H groups in total. The molecule has 0 unspecified atom stereocenters. The average Bonchev–Trinajstić information content (AvgIpc) is 2.11. The average molecular weight is 174 g/mol. The van der Waals surface area contributed by atoms with Gasteiger partial charge in [-0.25, -0.2) is 0 Å². The molecule has 12 heavy (non-hydrogen) atoms. The van der Waals surface area contributed by atoms with E-state index in [2.05, 4.69) is 21.1 Å². The van der Waals surface area contributed by atoms with Crippen LogP contribution in [0.25, 0.3) is 0 Å². The smallest absolute Gasteiger partial charge is 0.127 e. The molecule has 0 aromatic rings. The van der Waals surface area contributed by atoms with Gasteiger partial charge < -0.3 is 14.7 Å². The van der Waals surface area contributed by atoms with E-state index < -0.39 is 0 Å². The first-order valence-corrected chi connectivity index (χ1v) is 5.12. The Hall–Kier alpha value is -0.120. The maximum Gasteiger partial charge on any atom is 0.127 e. The molecule has 0 saturated carbocycles. The molecule has 0 aliphatic carbocycles. The van der Waals surface area contributed by atoms with E-state index in [-0.39, 0.29) is 0 Å². The first kappa shape index (κ1) is 9.96. The SMILES string of the molecule is C[NH+]1CC[NH+](C)CC[NH+](C)CC1. The zero-order valence-corrected chi connectivity index (χ0v) is 8.74. The molecule has 0 aromatic heterocycles. The Bertz CT molecular complexity index is 91.2. The van der Waals surface area contributed by atoms with Crippen LogP contribution in [-0.2, 0) is 0 Å². The summed E-state index contributed by atoms with van der Waals surface area (Å²) in [6.45, 7) is 7.99. The van der Waals surface area contributed by atoms with Crippen LogP contribution in [0.15, 0.2) is 0 Å². The second-order valence-corrected chi connectivity index (χ2v) is 4.37. The molecule has 1 saturated heterocycles. The van der Waals surface area contributed by atoms with E-state index in [0.717, 1.165) is 0 Å². The van der Waals surface area contributed by atoms with Gasteiger partial charge in [0.05, 0.1) is 21.1 Å². The van der Waals surface area contributed by atoms with Crippen LogP contribution in [0.3, 0.4) is 0 Å². The van der Waals surface area contributed by atoms with Crippen LogP contribution in [-0.4, -0.2) is 60.4 Å². The van der Waals surface area contributed by atoms with Crippen molar-refractivity contribution in [3.63, 3.8) is 0 Å². The molecule has 1 fully saturated rings. The second-order valence-electron chi connectivity index (χ2n) is 4.37. The van der Waals surface area contributed by atoms with Crippen LogP contribution in [0.2, 0.25) is 0 Å². The van der Waals surface area contributed by atoms with Crippen molar-refractivity contribution in [2.45, 2.75) is 0 Å². The van der Waals surface area contributed by atoms with Gasteiger partial charge in [-0.1, -0.05) is 0 Å². The topological polar surface area (TPSA) is 13.3 Å². The van der Waals surface area contributed by atoms with Gasteiger partial charge in [-0.15, -0.1) is 0 Å². The lowest BCUT2D eigenvalue weighted by molar-refractivity contribution is -0.935. The van der Waals surface area contributed by atoms with Gasteiger partial charge in [-0.2, -0.15) is 0 Å². The van der Waals surface area contributed by atoms with Crippen LogP contribution >= 0.6 is 0 Å². The first-order chi connectivity index (χ1) is 5.68. The van der Waals surface area contributed by atoms with E-state index in [0.29, 0.717) is 0 Å². The van der Waals surface area contributed by atoms with Gasteiger partial charge in [0.2, 0.25) is 0 Å². The van der Waals surface area contributed by atoms with Crippen molar-refractivity contribution >= 4 is 0 Å². The second kappa shape index (κ2) is 4.80. The van der Waals surface area contributed by atoms with Crippen LogP contribution in [0, 0.1) is 0 Å². The van der Waals surface area contributed by atoms with E-state index in [1.54, 1.807) is 14.7 Å². The van der Waals surface area contributed by atoms with Gasteiger partial charge in [0.15, 0.2) is 0 Å². The minimum absolute atomic E-state index is 1.33. The Morgan fingerprint density at radius 2 is 0.667 bits per heavy atom. The largest absolute Gasteiger partial charge is 0.328 e. The third-order valence-corrected chi connectivity index (χ3v) is 2.94. The van der Waals surface area contributed by atoms with E-state index in [4.69, 9.17) is 0 Å². The Morgan fingerprint density at radius 1 is 0.500 bits per heavy atom. The minimum Gasteiger partial charge on any atom is -0.328 e. The Morgan fingerprint density at radius 3 is 0.833 bits per heavy atom. The maximum absolute atomic E-state index is 2.31. The molecule has 1 aliphatic rings. The highest BCUT2D eigenvalue weighted by molar-refractivity contribution is 4.31. The summed E-state index contributed by atoms with van der Waals surface area (Å²) < 4.78 is 0. The molecular weight excluding hydrogens is 150 g/mol. The molecule has 1 heterocycles. The Kier molecular flexibility index (Phi) is 3.98. The van der Waals surface area contributed by atoms with Crippen molar-refractivity contribution < 1.29 is 14.7 Å². The zero-order valence-electron chi connectivity index (χ0n) is 8.74. The highest BCUT2D eigenvalue weighted by Gasteiger charge is 2.14. The summed E-state index contributed by atoms with van der Waals surface area (Å²) in [6, 6.07) is 0. The lowest BCUT2D eigenvalue weighted by Crippen LogP contribution is -3.17. The van der Waals surface area contributed by atoms with Gasteiger partial charge in [-0.05, 0) is 0 Å². The van der Waals surface area contributed by atoms with Gasteiger partial charge in [0.1, 0.15) is 39.3 Å². The molecule has 0 aromatic carbocycles. The number of likely N-dealkylation sites (N-methyl/N-ethyl adjacent to an activating group) is 3. The third-order valence-electron chi connectivity index (χ3n) is 2.94. The first-order valence-electron chi connectivity index (χ1n) is 5.12. The molecule has 1 rings (SSSR count). The molecule has 72 valence electrons. The van der Waals surface area contributed by atoms with Gasteiger partial charge in [-0.3, -0.25) is 0 Å². The third kappa shape index (κ3) is 3.52. The summed E-state index contributed by atoms with van der Waals surface area (Å²) in [7, 11) is 6.93. The van der Waals surface area contributed by atoms with Crippen molar-refractivity contribution in [3.8, 4) is 0 Å². The summed E-state index contributed by atoms with van der Waals surface area (Å²) in [5.74, 6) is 0. The number of rotatable bonds is 0. The Labute approximate surface area is 75.9 Å². The monoisotopic (exact) mass is 174 g/mol. The number of nitrogens with one attached hydrogen (secondary N) is 3. The normalized spacial score (nSPS) is 39.8. The van der Waals surface area contributed by atoms with Crippen molar-refractivity contribution in [1.29, 1.82) is 0 Å². The van der Waals surface area contributed by atoms with Gasteiger partial charge in [0.25, 0.3) is 0 Å². The molecule has 0 bridgehead atoms. The van der Waals surface area contributed by atoms with E-state index >= 15 is 0 Å². The number of hydrogen-bond donors (Lipinski definition) is 3. The molecular formula is C9H24N3+3. The number of hydrogen-bond acceptors (Lipinski definition) is 0. The summed E-state index contributed by atoms with van der Waals surface area (Å²) in [5, 5.41) is 0. The van der Waals surface area contributed by atoms with Crippen molar-refractivity contribution in [3.05, 3.63) is 0 Å². The number of quaternary nitrogens is 3. The summed E-state index contributed by atoms with van der Waals surface area (Å²) in [5.41, 5.74) is 0. The highest BCUT2D eigenvalue weighted by Crippen LogP contribution is 1.50. The summed E-state index contributed by atoms with van der Waals surface area (Å²) in [4.78, 5) is 5.07. The van der Waals surface area contributed by atoms with E-state index in [1.807, 2.05) is 0 Å². The van der Waals surface area contributed by atoms with Crippen molar-refractivity contribution in [2.75, 3.05) is 60.4 Å². The van der Waals surface area contributed by atoms with Gasteiger partial charge >= 0.3 is 0 Å². The van der Waals surface area contributed by atoms with Crippen molar-refractivity contribution in [1.82, 2.24) is 0 Å². The molecule has 0 atom stereocenters. The van der Waals surface area contributed by atoms with E-state index in [9.17, 15) is 0 Å². The summed E-state index contributed by atoms with van der Waals surface area (Å²) >= 11 is 0. The van der Waals surface area contributed by atoms with Crippen LogP contribution < -0.4 is 14.7 Å². The van der Waals surface area contributed by atoms with Crippen molar-refractivity contribution in [2.24, 2.45) is 0 Å². The summed E-state index contributed by atoms with van der Waals surface area (Å²) in [6.07, 6.45) is 0. The van der Waals surface area contributed by atoms with Crippen LogP contribution in [0.1, 0.15) is 0 Å². The Balaban J connectivity index is 2.36. The fourth-order valence-corrected chi connectivity index (χ4v) is 1.66. The molecule has 3 heteroatoms. The lowest BCUT2D eigenvalue weighted by Gasteiger charge is -2.13. The maximum atomic E-state index is 2.31. The fraction of sp³-hybridized carbons (Fsp3) is 1.00. The van der Waals surface area contributed by atoms with Gasteiger partial charge in [0, 0.05) is 0 Å². The predicted octanol–water partition coefficient (Wildman–Crippen LogP) is -4.46. The molecule has 0 radical (unpaired) electrons. The zero-order chi connectivity index (χ0) is 8.97. The lowest BCUT2D eigenvalue weighted by atomic mass is 10.5. The molecule has 0 amide bonds. The molecule has 3 nitrogen and oxygen atoms in total. The van der Waals surface area contributed by atoms with E-state index in [1.165, 1.54) is 39.3 Å². The van der Waals surface area contributed by atoms with Crippen LogP contribution in [0.5, 0.6) is 0 Å².